The maximum atomic E-state index is 13.3. The van der Waals surface area contributed by atoms with Gasteiger partial charge in [-0.25, -0.2) is 4.98 Å². The SMILES string of the molecule is COc1ccc([C@H]2C3=C(CCCC3=O)Nc3nc(SCCC(C)C)[nH]c(=O)c32)cc1OC. The van der Waals surface area contributed by atoms with E-state index in [4.69, 9.17) is 14.5 Å². The molecule has 170 valence electrons. The van der Waals surface area contributed by atoms with Gasteiger partial charge in [0, 0.05) is 29.4 Å². The Labute approximate surface area is 192 Å². The van der Waals surface area contributed by atoms with Gasteiger partial charge in [0.1, 0.15) is 5.82 Å². The Kier molecular flexibility index (Phi) is 6.60. The summed E-state index contributed by atoms with van der Waals surface area (Å²) in [7, 11) is 3.15. The van der Waals surface area contributed by atoms with Gasteiger partial charge in [0.15, 0.2) is 22.4 Å². The van der Waals surface area contributed by atoms with Gasteiger partial charge < -0.3 is 19.8 Å². The molecule has 1 aromatic carbocycles. The first-order valence-electron chi connectivity index (χ1n) is 10.9. The number of aromatic nitrogens is 2. The molecule has 0 saturated carbocycles. The first-order valence-corrected chi connectivity index (χ1v) is 11.9. The van der Waals surface area contributed by atoms with E-state index in [9.17, 15) is 9.59 Å². The molecule has 0 bridgehead atoms. The van der Waals surface area contributed by atoms with E-state index >= 15 is 0 Å². The lowest BCUT2D eigenvalue weighted by atomic mass is 9.76. The fourth-order valence-electron chi connectivity index (χ4n) is 4.27. The highest BCUT2D eigenvalue weighted by Gasteiger charge is 2.38. The summed E-state index contributed by atoms with van der Waals surface area (Å²) in [5, 5.41) is 3.92. The van der Waals surface area contributed by atoms with Crippen LogP contribution in [0.4, 0.5) is 5.82 Å². The molecule has 7 nitrogen and oxygen atoms in total. The van der Waals surface area contributed by atoms with Crippen LogP contribution in [0.5, 0.6) is 11.5 Å². The number of aromatic amines is 1. The number of H-pyrrole nitrogens is 1. The van der Waals surface area contributed by atoms with Crippen molar-refractivity contribution in [2.75, 3.05) is 25.3 Å². The van der Waals surface area contributed by atoms with Crippen LogP contribution in [-0.4, -0.2) is 35.7 Å². The van der Waals surface area contributed by atoms with Crippen molar-refractivity contribution in [2.45, 2.75) is 50.6 Å². The molecule has 4 rings (SSSR count). The van der Waals surface area contributed by atoms with Crippen molar-refractivity contribution in [3.63, 3.8) is 0 Å². The lowest BCUT2D eigenvalue weighted by molar-refractivity contribution is -0.116. The van der Waals surface area contributed by atoms with Crippen molar-refractivity contribution in [3.8, 4) is 11.5 Å². The van der Waals surface area contributed by atoms with E-state index in [-0.39, 0.29) is 11.3 Å². The lowest BCUT2D eigenvalue weighted by Gasteiger charge is -2.33. The van der Waals surface area contributed by atoms with E-state index in [2.05, 4.69) is 24.1 Å². The van der Waals surface area contributed by atoms with Crippen LogP contribution in [-0.2, 0) is 4.79 Å². The van der Waals surface area contributed by atoms with Crippen molar-refractivity contribution in [1.29, 1.82) is 0 Å². The molecule has 2 aliphatic rings. The number of carbonyl (C=O) groups is 1. The average molecular weight is 456 g/mol. The van der Waals surface area contributed by atoms with Crippen molar-refractivity contribution < 1.29 is 14.3 Å². The Morgan fingerprint density at radius 2 is 1.94 bits per heavy atom. The number of anilines is 1. The summed E-state index contributed by atoms with van der Waals surface area (Å²) in [5.41, 5.74) is 2.58. The highest BCUT2D eigenvalue weighted by atomic mass is 32.2. The number of methoxy groups -OCH3 is 2. The molecular formula is C24H29N3O4S. The van der Waals surface area contributed by atoms with Crippen LogP contribution in [0.1, 0.15) is 56.6 Å². The number of ether oxygens (including phenoxy) is 2. The fourth-order valence-corrected chi connectivity index (χ4v) is 5.37. The molecule has 0 unspecified atom stereocenters. The number of rotatable bonds is 7. The second-order valence-corrected chi connectivity index (χ2v) is 9.59. The minimum atomic E-state index is -0.500. The lowest BCUT2D eigenvalue weighted by Crippen LogP contribution is -2.32. The number of ketones is 1. The summed E-state index contributed by atoms with van der Waals surface area (Å²) in [6.45, 7) is 4.35. The van der Waals surface area contributed by atoms with Gasteiger partial charge in [-0.05, 0) is 42.9 Å². The molecule has 1 aliphatic heterocycles. The quantitative estimate of drug-likeness (QED) is 0.469. The molecule has 2 aromatic rings. The minimum Gasteiger partial charge on any atom is -0.493 e. The van der Waals surface area contributed by atoms with E-state index in [1.165, 1.54) is 0 Å². The highest BCUT2D eigenvalue weighted by Crippen LogP contribution is 2.45. The number of carbonyl (C=O) groups excluding carboxylic acids is 1. The van der Waals surface area contributed by atoms with Crippen molar-refractivity contribution in [3.05, 3.63) is 50.9 Å². The van der Waals surface area contributed by atoms with Crippen LogP contribution in [0.25, 0.3) is 0 Å². The number of hydrogen-bond donors (Lipinski definition) is 2. The molecule has 32 heavy (non-hydrogen) atoms. The summed E-state index contributed by atoms with van der Waals surface area (Å²) < 4.78 is 10.9. The maximum Gasteiger partial charge on any atom is 0.257 e. The van der Waals surface area contributed by atoms with E-state index in [0.717, 1.165) is 36.3 Å². The van der Waals surface area contributed by atoms with Crippen LogP contribution >= 0.6 is 11.8 Å². The van der Waals surface area contributed by atoms with Crippen LogP contribution in [0, 0.1) is 5.92 Å². The highest BCUT2D eigenvalue weighted by molar-refractivity contribution is 7.99. The average Bonchev–Trinajstić information content (AvgIpc) is 2.77. The third kappa shape index (κ3) is 4.28. The smallest absolute Gasteiger partial charge is 0.257 e. The van der Waals surface area contributed by atoms with Crippen molar-refractivity contribution in [2.24, 2.45) is 5.92 Å². The molecule has 0 saturated heterocycles. The fraction of sp³-hybridized carbons (Fsp3) is 0.458. The van der Waals surface area contributed by atoms with Crippen LogP contribution in [0.3, 0.4) is 0 Å². The molecule has 0 fully saturated rings. The number of Topliss-reactive ketones (excluding diaryl/α,β-unsaturated/α-hetero) is 1. The second-order valence-electron chi connectivity index (χ2n) is 8.51. The minimum absolute atomic E-state index is 0.0685. The molecule has 1 aromatic heterocycles. The summed E-state index contributed by atoms with van der Waals surface area (Å²) in [6.07, 6.45) is 3.07. The predicted molar refractivity (Wildman–Crippen MR) is 126 cm³/mol. The second kappa shape index (κ2) is 9.40. The molecule has 0 amide bonds. The zero-order chi connectivity index (χ0) is 22.8. The summed E-state index contributed by atoms with van der Waals surface area (Å²) in [6, 6.07) is 5.54. The number of nitrogens with one attached hydrogen (secondary N) is 2. The van der Waals surface area contributed by atoms with E-state index in [1.807, 2.05) is 12.1 Å². The first kappa shape index (κ1) is 22.5. The monoisotopic (exact) mass is 455 g/mol. The standard InChI is InChI=1S/C24H29N3O4S/c1-13(2)10-11-32-24-26-22-21(23(29)27-24)19(20-15(25-22)6-5-7-16(20)28)14-8-9-17(30-3)18(12-14)31-4/h8-9,12-13,19H,5-7,10-11H2,1-4H3,(H2,25,26,27,29)/t19-/m0/s1. The number of benzene rings is 1. The predicted octanol–water partition coefficient (Wildman–Crippen LogP) is 4.49. The Morgan fingerprint density at radius 1 is 1.16 bits per heavy atom. The number of fused-ring (bicyclic) bond motifs is 1. The molecule has 0 spiro atoms. The summed E-state index contributed by atoms with van der Waals surface area (Å²) in [5.74, 6) is 2.72. The van der Waals surface area contributed by atoms with Crippen LogP contribution < -0.4 is 20.3 Å². The van der Waals surface area contributed by atoms with Gasteiger partial charge in [-0.15, -0.1) is 0 Å². The van der Waals surface area contributed by atoms with Crippen LogP contribution in [0.15, 0.2) is 39.4 Å². The molecule has 8 heteroatoms. The Morgan fingerprint density at radius 3 is 2.66 bits per heavy atom. The zero-order valence-electron chi connectivity index (χ0n) is 18.9. The van der Waals surface area contributed by atoms with Crippen LogP contribution in [0.2, 0.25) is 0 Å². The number of thioether (sulfide) groups is 1. The van der Waals surface area contributed by atoms with Gasteiger partial charge in [0.05, 0.1) is 19.8 Å². The normalized spacial score (nSPS) is 17.7. The van der Waals surface area contributed by atoms with Gasteiger partial charge in [0.2, 0.25) is 0 Å². The van der Waals surface area contributed by atoms with Gasteiger partial charge in [0.25, 0.3) is 5.56 Å². The van der Waals surface area contributed by atoms with Gasteiger partial charge in [-0.1, -0.05) is 31.7 Å². The van der Waals surface area contributed by atoms with E-state index < -0.39 is 5.92 Å². The number of allylic oxidation sites excluding steroid dienone is 2. The van der Waals surface area contributed by atoms with E-state index in [0.29, 0.717) is 45.9 Å². The Balaban J connectivity index is 1.82. The Hall–Kier alpha value is -2.74. The molecule has 2 heterocycles. The third-order valence-electron chi connectivity index (χ3n) is 5.91. The summed E-state index contributed by atoms with van der Waals surface area (Å²) >= 11 is 1.55. The molecular weight excluding hydrogens is 426 g/mol. The van der Waals surface area contributed by atoms with Gasteiger partial charge in [-0.3, -0.25) is 9.59 Å². The molecule has 0 radical (unpaired) electrons. The zero-order valence-corrected chi connectivity index (χ0v) is 19.7. The molecule has 1 atom stereocenters. The maximum absolute atomic E-state index is 13.3. The number of hydrogen-bond acceptors (Lipinski definition) is 7. The molecule has 1 aliphatic carbocycles. The first-order chi connectivity index (χ1) is 15.4. The van der Waals surface area contributed by atoms with Gasteiger partial charge >= 0.3 is 0 Å². The summed E-state index contributed by atoms with van der Waals surface area (Å²) in [4.78, 5) is 33.9. The van der Waals surface area contributed by atoms with Crippen molar-refractivity contribution >= 4 is 23.4 Å². The van der Waals surface area contributed by atoms with E-state index in [1.54, 1.807) is 32.0 Å². The topological polar surface area (TPSA) is 93.3 Å². The van der Waals surface area contributed by atoms with Gasteiger partial charge in [-0.2, -0.15) is 0 Å². The molecule has 2 N–H and O–H groups in total. The van der Waals surface area contributed by atoms with Crippen molar-refractivity contribution in [1.82, 2.24) is 9.97 Å². The number of nitrogens with zero attached hydrogens (tertiary/aromatic N) is 1. The largest absolute Gasteiger partial charge is 0.493 e. The Bertz CT molecular complexity index is 1120. The third-order valence-corrected chi connectivity index (χ3v) is 6.82.